The first-order chi connectivity index (χ1) is 18.6. The van der Waals surface area contributed by atoms with Crippen LogP contribution in [0.15, 0.2) is 47.7 Å². The summed E-state index contributed by atoms with van der Waals surface area (Å²) in [5, 5.41) is 6.93. The first-order valence-corrected chi connectivity index (χ1v) is 13.1. The molecule has 204 valence electrons. The molecule has 3 aromatic heterocycles. The normalized spacial score (nSPS) is 11.4. The van der Waals surface area contributed by atoms with Gasteiger partial charge in [0, 0.05) is 59.1 Å². The molecule has 0 spiro atoms. The lowest BCUT2D eigenvalue weighted by Gasteiger charge is -2.19. The van der Waals surface area contributed by atoms with Crippen LogP contribution in [0.1, 0.15) is 39.8 Å². The van der Waals surface area contributed by atoms with Crippen molar-refractivity contribution in [3.8, 4) is 22.4 Å². The van der Waals surface area contributed by atoms with E-state index in [0.717, 1.165) is 11.3 Å². The van der Waals surface area contributed by atoms with Gasteiger partial charge in [-0.3, -0.25) is 14.3 Å². The summed E-state index contributed by atoms with van der Waals surface area (Å²) in [6.45, 7) is 10.5. The molecule has 0 unspecified atom stereocenters. The minimum Gasteiger partial charge on any atom is -0.444 e. The number of carbonyl (C=O) groups excluding carboxylic acids is 1. The van der Waals surface area contributed by atoms with Crippen molar-refractivity contribution in [3.05, 3.63) is 63.9 Å². The number of benzene rings is 1. The van der Waals surface area contributed by atoms with Crippen molar-refractivity contribution in [2.24, 2.45) is 0 Å². The van der Waals surface area contributed by atoms with Gasteiger partial charge in [-0.15, -0.1) is 0 Å². The average Bonchev–Trinajstić information content (AvgIpc) is 2.87. The minimum absolute atomic E-state index is 0.245. The Morgan fingerprint density at radius 2 is 1.90 bits per heavy atom. The summed E-state index contributed by atoms with van der Waals surface area (Å²) >= 11 is 6.71. The van der Waals surface area contributed by atoms with Gasteiger partial charge in [0.2, 0.25) is 5.95 Å². The Kier molecular flexibility index (Phi) is 8.44. The highest BCUT2D eigenvalue weighted by Crippen LogP contribution is 2.31. The van der Waals surface area contributed by atoms with E-state index >= 15 is 0 Å². The summed E-state index contributed by atoms with van der Waals surface area (Å²) in [5.74, 6) is 0.430. The molecule has 39 heavy (non-hydrogen) atoms. The number of nitrogens with one attached hydrogen (secondary N) is 2. The number of aryl methyl sites for hydroxylation is 2. The summed E-state index contributed by atoms with van der Waals surface area (Å²) < 4.78 is 6.89. The molecule has 1 aromatic carbocycles. The third-order valence-electron chi connectivity index (χ3n) is 5.70. The maximum absolute atomic E-state index is 13.8. The van der Waals surface area contributed by atoms with Gasteiger partial charge in [-0.25, -0.2) is 14.8 Å². The van der Waals surface area contributed by atoms with Gasteiger partial charge in [-0.2, -0.15) is 4.98 Å². The maximum atomic E-state index is 13.8. The molecule has 11 heteroatoms. The van der Waals surface area contributed by atoms with Gasteiger partial charge in [-0.05, 0) is 53.2 Å². The molecular formula is C28H32ClN7O3. The zero-order chi connectivity index (χ0) is 28.2. The molecule has 10 nitrogen and oxygen atoms in total. The number of fused-ring (bicyclic) bond motifs is 1. The Morgan fingerprint density at radius 3 is 2.59 bits per heavy atom. The third kappa shape index (κ3) is 6.88. The Hall–Kier alpha value is -4.05. The highest BCUT2D eigenvalue weighted by molar-refractivity contribution is 6.33. The number of amides is 1. The number of alkyl carbamates (subject to hydrolysis) is 1. The summed E-state index contributed by atoms with van der Waals surface area (Å²) in [6, 6.07) is 7.22. The lowest BCUT2D eigenvalue weighted by atomic mass is 10.0. The highest BCUT2D eigenvalue weighted by atomic mass is 35.5. The van der Waals surface area contributed by atoms with E-state index in [9.17, 15) is 9.59 Å². The number of nitrogens with zero attached hydrogens (tertiary/aromatic N) is 5. The van der Waals surface area contributed by atoms with Crippen LogP contribution in [0.3, 0.4) is 0 Å². The molecule has 0 bridgehead atoms. The van der Waals surface area contributed by atoms with E-state index < -0.39 is 11.7 Å². The average molecular weight is 550 g/mol. The van der Waals surface area contributed by atoms with Gasteiger partial charge >= 0.3 is 6.09 Å². The Morgan fingerprint density at radius 1 is 1.10 bits per heavy atom. The van der Waals surface area contributed by atoms with E-state index in [4.69, 9.17) is 16.3 Å². The number of halogens is 1. The van der Waals surface area contributed by atoms with E-state index in [0.29, 0.717) is 64.9 Å². The first kappa shape index (κ1) is 28.0. The van der Waals surface area contributed by atoms with Gasteiger partial charge in [0.05, 0.1) is 17.6 Å². The monoisotopic (exact) mass is 549 g/mol. The molecule has 0 atom stereocenters. The SMILES string of the molecule is CCNc1ncc2cc(-c3ccc(-c4cncc(C)n4)cc3Cl)c(=O)n(CCCNC(=O)OC(C)(C)C)c2n1. The molecule has 0 aliphatic heterocycles. The third-order valence-corrected chi connectivity index (χ3v) is 6.01. The molecule has 0 radical (unpaired) electrons. The number of pyridine rings is 1. The van der Waals surface area contributed by atoms with Crippen LogP contribution in [-0.4, -0.2) is 49.3 Å². The van der Waals surface area contributed by atoms with Crippen molar-refractivity contribution in [3.63, 3.8) is 0 Å². The molecule has 1 amide bonds. The molecule has 0 aliphatic carbocycles. The van der Waals surface area contributed by atoms with Gasteiger partial charge in [0.1, 0.15) is 11.2 Å². The van der Waals surface area contributed by atoms with Crippen LogP contribution in [0.4, 0.5) is 10.7 Å². The molecule has 4 rings (SSSR count). The molecule has 0 saturated carbocycles. The summed E-state index contributed by atoms with van der Waals surface area (Å²) in [6.07, 6.45) is 5.02. The van der Waals surface area contributed by atoms with Gasteiger partial charge in [0.15, 0.2) is 0 Å². The van der Waals surface area contributed by atoms with Gasteiger partial charge in [0.25, 0.3) is 5.56 Å². The lowest BCUT2D eigenvalue weighted by Crippen LogP contribution is -2.33. The number of hydrogen-bond acceptors (Lipinski definition) is 8. The highest BCUT2D eigenvalue weighted by Gasteiger charge is 2.18. The maximum Gasteiger partial charge on any atom is 0.407 e. The summed E-state index contributed by atoms with van der Waals surface area (Å²) in [7, 11) is 0. The van der Waals surface area contributed by atoms with Crippen LogP contribution in [0, 0.1) is 6.92 Å². The van der Waals surface area contributed by atoms with E-state index in [-0.39, 0.29) is 5.56 Å². The van der Waals surface area contributed by atoms with E-state index in [1.165, 1.54) is 0 Å². The Bertz CT molecular complexity index is 1560. The van der Waals surface area contributed by atoms with E-state index in [1.807, 2.05) is 26.0 Å². The number of aromatic nitrogens is 5. The lowest BCUT2D eigenvalue weighted by molar-refractivity contribution is 0.0526. The zero-order valence-electron chi connectivity index (χ0n) is 22.7. The van der Waals surface area contributed by atoms with Crippen LogP contribution in [0.5, 0.6) is 0 Å². The topological polar surface area (TPSA) is 124 Å². The van der Waals surface area contributed by atoms with Crippen molar-refractivity contribution in [2.75, 3.05) is 18.4 Å². The first-order valence-electron chi connectivity index (χ1n) is 12.8. The standard InChI is InChI=1S/C28H32ClN7O3/c1-6-31-26-33-15-19-12-21(20-9-8-18(13-22(20)29)23-16-30-14-17(2)34-23)25(37)36(24(19)35-26)11-7-10-32-27(38)39-28(3,4)5/h8-9,12-16H,6-7,10-11H2,1-5H3,(H,32,38)(H,31,33,35). The minimum atomic E-state index is -0.591. The molecule has 0 fully saturated rings. The van der Waals surface area contributed by atoms with Crippen molar-refractivity contribution in [2.45, 2.75) is 53.2 Å². The van der Waals surface area contributed by atoms with E-state index in [2.05, 4.69) is 30.6 Å². The van der Waals surface area contributed by atoms with Crippen LogP contribution in [0.2, 0.25) is 5.02 Å². The second kappa shape index (κ2) is 11.8. The predicted octanol–water partition coefficient (Wildman–Crippen LogP) is 5.22. The van der Waals surface area contributed by atoms with Crippen LogP contribution < -0.4 is 16.2 Å². The summed E-state index contributed by atoms with van der Waals surface area (Å²) in [5.41, 5.74) is 2.96. The zero-order valence-corrected chi connectivity index (χ0v) is 23.5. The van der Waals surface area contributed by atoms with Gasteiger partial charge in [-0.1, -0.05) is 23.7 Å². The Balaban J connectivity index is 1.69. The predicted molar refractivity (Wildman–Crippen MR) is 153 cm³/mol. The molecule has 3 heterocycles. The number of anilines is 1. The number of rotatable bonds is 8. The fourth-order valence-electron chi connectivity index (χ4n) is 4.04. The quantitative estimate of drug-likeness (QED) is 0.286. The van der Waals surface area contributed by atoms with Crippen molar-refractivity contribution < 1.29 is 9.53 Å². The second-order valence-electron chi connectivity index (χ2n) is 10.0. The van der Waals surface area contributed by atoms with Crippen LogP contribution in [-0.2, 0) is 11.3 Å². The fraction of sp³-hybridized carbons (Fsp3) is 0.357. The van der Waals surface area contributed by atoms with Crippen molar-refractivity contribution in [1.82, 2.24) is 29.8 Å². The van der Waals surface area contributed by atoms with E-state index in [1.54, 1.807) is 56.1 Å². The number of ether oxygens (including phenoxy) is 1. The largest absolute Gasteiger partial charge is 0.444 e. The number of carbonyl (C=O) groups is 1. The Labute approximate surface area is 231 Å². The molecule has 2 N–H and O–H groups in total. The molecule has 0 aliphatic rings. The fourth-order valence-corrected chi connectivity index (χ4v) is 4.32. The smallest absolute Gasteiger partial charge is 0.407 e. The van der Waals surface area contributed by atoms with Crippen molar-refractivity contribution in [1.29, 1.82) is 0 Å². The van der Waals surface area contributed by atoms with Gasteiger partial charge < -0.3 is 15.4 Å². The van der Waals surface area contributed by atoms with Crippen molar-refractivity contribution >= 4 is 34.7 Å². The summed E-state index contributed by atoms with van der Waals surface area (Å²) in [4.78, 5) is 43.5. The molecular weight excluding hydrogens is 518 g/mol. The number of hydrogen-bond donors (Lipinski definition) is 2. The van der Waals surface area contributed by atoms with Crippen LogP contribution >= 0.6 is 11.6 Å². The van der Waals surface area contributed by atoms with Crippen LogP contribution in [0.25, 0.3) is 33.4 Å². The molecule has 0 saturated heterocycles. The second-order valence-corrected chi connectivity index (χ2v) is 10.4. The molecule has 4 aromatic rings.